The Kier molecular flexibility index (Phi) is 9.56. The first-order valence-electron chi connectivity index (χ1n) is 11.5. The van der Waals surface area contributed by atoms with Crippen molar-refractivity contribution in [3.05, 3.63) is 48.3 Å². The standard InChI is InChI=1S/C24H37N7O/c1-20(21-6-8-22(32-3)9-7-21)10-14-27-23(25-2)26-13-5-15-30-16-18-31(19-17-30)24-28-11-4-12-29-24/h4,6-9,11-12,20H,5,10,13-19H2,1-3H3,(H2,25,26,27). The number of aromatic nitrogens is 2. The Morgan fingerprint density at radius 3 is 2.41 bits per heavy atom. The van der Waals surface area contributed by atoms with Crippen LogP contribution in [0, 0.1) is 0 Å². The minimum absolute atomic E-state index is 0.478. The largest absolute Gasteiger partial charge is 0.497 e. The lowest BCUT2D eigenvalue weighted by Crippen LogP contribution is -2.47. The van der Waals surface area contributed by atoms with Crippen LogP contribution in [-0.4, -0.2) is 80.8 Å². The van der Waals surface area contributed by atoms with Crippen LogP contribution in [0.3, 0.4) is 0 Å². The molecule has 2 N–H and O–H groups in total. The van der Waals surface area contributed by atoms with Crippen molar-refractivity contribution in [2.45, 2.75) is 25.7 Å². The number of ether oxygens (including phenoxy) is 1. The summed E-state index contributed by atoms with van der Waals surface area (Å²) in [5, 5.41) is 6.87. The van der Waals surface area contributed by atoms with E-state index < -0.39 is 0 Å². The van der Waals surface area contributed by atoms with Crippen molar-refractivity contribution >= 4 is 11.9 Å². The van der Waals surface area contributed by atoms with Gasteiger partial charge in [-0.1, -0.05) is 19.1 Å². The van der Waals surface area contributed by atoms with Crippen molar-refractivity contribution in [2.24, 2.45) is 4.99 Å². The van der Waals surface area contributed by atoms with Crippen molar-refractivity contribution in [1.82, 2.24) is 25.5 Å². The summed E-state index contributed by atoms with van der Waals surface area (Å²) in [6, 6.07) is 10.2. The topological polar surface area (TPSA) is 77.9 Å². The molecule has 1 aromatic carbocycles. The zero-order valence-corrected chi connectivity index (χ0v) is 19.6. The first kappa shape index (κ1) is 23.8. The third kappa shape index (κ3) is 7.37. The molecule has 0 saturated carbocycles. The number of benzene rings is 1. The van der Waals surface area contributed by atoms with E-state index in [0.717, 1.165) is 76.3 Å². The van der Waals surface area contributed by atoms with Crippen LogP contribution in [0.4, 0.5) is 5.95 Å². The molecule has 174 valence electrons. The highest BCUT2D eigenvalue weighted by atomic mass is 16.5. The lowest BCUT2D eigenvalue weighted by atomic mass is 9.98. The van der Waals surface area contributed by atoms with Crippen LogP contribution >= 0.6 is 0 Å². The van der Waals surface area contributed by atoms with Gasteiger partial charge in [0.2, 0.25) is 5.95 Å². The third-order valence-corrected chi connectivity index (χ3v) is 5.93. The molecular weight excluding hydrogens is 402 g/mol. The van der Waals surface area contributed by atoms with E-state index in [1.807, 2.05) is 25.2 Å². The van der Waals surface area contributed by atoms with Gasteiger partial charge in [0.1, 0.15) is 5.75 Å². The molecule has 0 spiro atoms. The number of nitrogens with one attached hydrogen (secondary N) is 2. The summed E-state index contributed by atoms with van der Waals surface area (Å²) in [5.41, 5.74) is 1.33. The summed E-state index contributed by atoms with van der Waals surface area (Å²) in [6.07, 6.45) is 5.75. The van der Waals surface area contributed by atoms with E-state index in [4.69, 9.17) is 4.74 Å². The molecule has 1 aromatic heterocycles. The van der Waals surface area contributed by atoms with Crippen molar-refractivity contribution in [3.8, 4) is 5.75 Å². The molecule has 1 saturated heterocycles. The maximum absolute atomic E-state index is 5.24. The van der Waals surface area contributed by atoms with E-state index in [2.05, 4.69) is 54.5 Å². The van der Waals surface area contributed by atoms with E-state index in [9.17, 15) is 0 Å². The van der Waals surface area contributed by atoms with Gasteiger partial charge in [-0.3, -0.25) is 9.89 Å². The Morgan fingerprint density at radius 2 is 1.75 bits per heavy atom. The summed E-state index contributed by atoms with van der Waals surface area (Å²) in [4.78, 5) is 17.8. The Balaban J connectivity index is 1.27. The molecule has 0 bridgehead atoms. The lowest BCUT2D eigenvalue weighted by molar-refractivity contribution is 0.254. The van der Waals surface area contributed by atoms with Gasteiger partial charge in [0, 0.05) is 58.7 Å². The van der Waals surface area contributed by atoms with Gasteiger partial charge in [-0.2, -0.15) is 0 Å². The Labute approximate surface area is 192 Å². The third-order valence-electron chi connectivity index (χ3n) is 5.93. The summed E-state index contributed by atoms with van der Waals surface area (Å²) in [6.45, 7) is 9.19. The van der Waals surface area contributed by atoms with Gasteiger partial charge in [0.15, 0.2) is 5.96 Å². The Bertz CT molecular complexity index is 805. The molecule has 0 amide bonds. The van der Waals surface area contributed by atoms with E-state index in [1.165, 1.54) is 5.56 Å². The fourth-order valence-corrected chi connectivity index (χ4v) is 3.86. The van der Waals surface area contributed by atoms with Gasteiger partial charge in [-0.15, -0.1) is 0 Å². The van der Waals surface area contributed by atoms with Crippen LogP contribution < -0.4 is 20.3 Å². The fourth-order valence-electron chi connectivity index (χ4n) is 3.86. The Morgan fingerprint density at radius 1 is 1.06 bits per heavy atom. The number of guanidine groups is 1. The van der Waals surface area contributed by atoms with E-state index in [0.29, 0.717) is 5.92 Å². The number of methoxy groups -OCH3 is 1. The monoisotopic (exact) mass is 439 g/mol. The maximum atomic E-state index is 5.24. The molecule has 0 aliphatic carbocycles. The molecular formula is C24H37N7O. The molecule has 8 nitrogen and oxygen atoms in total. The van der Waals surface area contributed by atoms with Gasteiger partial charge in [-0.05, 0) is 49.1 Å². The molecule has 1 aliphatic heterocycles. The molecule has 1 atom stereocenters. The molecule has 3 rings (SSSR count). The molecule has 1 aliphatic rings. The number of hydrogen-bond acceptors (Lipinski definition) is 6. The average Bonchev–Trinajstić information content (AvgIpc) is 2.86. The van der Waals surface area contributed by atoms with Crippen molar-refractivity contribution < 1.29 is 4.74 Å². The van der Waals surface area contributed by atoms with Crippen LogP contribution in [0.2, 0.25) is 0 Å². The summed E-state index contributed by atoms with van der Waals surface area (Å²) < 4.78 is 5.24. The zero-order chi connectivity index (χ0) is 22.6. The predicted octanol–water partition coefficient (Wildman–Crippen LogP) is 2.36. The minimum atomic E-state index is 0.478. The predicted molar refractivity (Wildman–Crippen MR) is 131 cm³/mol. The number of aliphatic imine (C=N–C) groups is 1. The first-order chi connectivity index (χ1) is 15.7. The smallest absolute Gasteiger partial charge is 0.225 e. The second-order valence-electron chi connectivity index (χ2n) is 8.12. The molecule has 1 unspecified atom stereocenters. The van der Waals surface area contributed by atoms with Crippen LogP contribution in [-0.2, 0) is 0 Å². The number of rotatable bonds is 10. The summed E-state index contributed by atoms with van der Waals surface area (Å²) >= 11 is 0. The molecule has 32 heavy (non-hydrogen) atoms. The van der Waals surface area contributed by atoms with E-state index >= 15 is 0 Å². The van der Waals surface area contributed by atoms with Gasteiger partial charge in [0.05, 0.1) is 7.11 Å². The van der Waals surface area contributed by atoms with Gasteiger partial charge >= 0.3 is 0 Å². The molecule has 2 heterocycles. The minimum Gasteiger partial charge on any atom is -0.497 e. The molecule has 2 aromatic rings. The van der Waals surface area contributed by atoms with E-state index in [-0.39, 0.29) is 0 Å². The number of hydrogen-bond donors (Lipinski definition) is 2. The van der Waals surface area contributed by atoms with Crippen molar-refractivity contribution in [3.63, 3.8) is 0 Å². The van der Waals surface area contributed by atoms with E-state index in [1.54, 1.807) is 19.5 Å². The van der Waals surface area contributed by atoms with Gasteiger partial charge in [0.25, 0.3) is 0 Å². The molecule has 0 radical (unpaired) electrons. The number of piperazine rings is 1. The summed E-state index contributed by atoms with van der Waals surface area (Å²) in [7, 11) is 3.52. The van der Waals surface area contributed by atoms with Crippen LogP contribution in [0.1, 0.15) is 31.2 Å². The number of anilines is 1. The highest BCUT2D eigenvalue weighted by molar-refractivity contribution is 5.79. The average molecular weight is 440 g/mol. The van der Waals surface area contributed by atoms with Crippen molar-refractivity contribution in [2.75, 3.05) is 64.9 Å². The Hall–Kier alpha value is -2.87. The maximum Gasteiger partial charge on any atom is 0.225 e. The van der Waals surface area contributed by atoms with Crippen LogP contribution in [0.5, 0.6) is 5.75 Å². The van der Waals surface area contributed by atoms with Crippen molar-refractivity contribution in [1.29, 1.82) is 0 Å². The van der Waals surface area contributed by atoms with Crippen LogP contribution in [0.25, 0.3) is 0 Å². The highest BCUT2D eigenvalue weighted by Crippen LogP contribution is 2.21. The lowest BCUT2D eigenvalue weighted by Gasteiger charge is -2.34. The second kappa shape index (κ2) is 12.9. The second-order valence-corrected chi connectivity index (χ2v) is 8.12. The molecule has 8 heteroatoms. The van der Waals surface area contributed by atoms with Gasteiger partial charge in [-0.25, -0.2) is 9.97 Å². The fraction of sp³-hybridized carbons (Fsp3) is 0.542. The quantitative estimate of drug-likeness (QED) is 0.334. The molecule has 1 fully saturated rings. The first-order valence-corrected chi connectivity index (χ1v) is 11.5. The SMILES string of the molecule is CN=C(NCCCN1CCN(c2ncccn2)CC1)NCCC(C)c1ccc(OC)cc1. The van der Waals surface area contributed by atoms with Crippen LogP contribution in [0.15, 0.2) is 47.7 Å². The zero-order valence-electron chi connectivity index (χ0n) is 19.6. The summed E-state index contributed by atoms with van der Waals surface area (Å²) in [5.74, 6) is 3.09. The highest BCUT2D eigenvalue weighted by Gasteiger charge is 2.18. The number of nitrogens with zero attached hydrogens (tertiary/aromatic N) is 5. The van der Waals surface area contributed by atoms with Gasteiger partial charge < -0.3 is 20.3 Å². The normalized spacial score (nSPS) is 16.0.